The Bertz CT molecular complexity index is 307. The van der Waals surface area contributed by atoms with Gasteiger partial charge in [-0.1, -0.05) is 0 Å². The molecule has 0 bridgehead atoms. The van der Waals surface area contributed by atoms with E-state index in [0.29, 0.717) is 5.92 Å². The minimum atomic E-state index is 0.248. The Morgan fingerprint density at radius 2 is 2.29 bits per heavy atom. The number of nitrogens with two attached hydrogens (primary N) is 1. The monoisotopic (exact) mass is 194 g/mol. The molecule has 78 valence electrons. The number of likely N-dealkylation sites (tertiary alicyclic amines) is 1. The van der Waals surface area contributed by atoms with Crippen molar-refractivity contribution in [3.63, 3.8) is 0 Å². The van der Waals surface area contributed by atoms with Gasteiger partial charge in [-0.2, -0.15) is 5.10 Å². The highest BCUT2D eigenvalue weighted by Gasteiger charge is 2.26. The van der Waals surface area contributed by atoms with Gasteiger partial charge in [-0.15, -0.1) is 0 Å². The van der Waals surface area contributed by atoms with Crippen molar-refractivity contribution in [2.24, 2.45) is 12.8 Å². The zero-order chi connectivity index (χ0) is 10.1. The zero-order valence-electron chi connectivity index (χ0n) is 8.85. The number of hydrogen-bond acceptors (Lipinski definition) is 3. The molecule has 1 aliphatic heterocycles. The Morgan fingerprint density at radius 1 is 1.50 bits per heavy atom. The van der Waals surface area contributed by atoms with E-state index in [4.69, 9.17) is 5.73 Å². The second-order valence-electron chi connectivity index (χ2n) is 4.27. The molecule has 2 N–H and O–H groups in total. The molecular weight excluding hydrogens is 176 g/mol. The van der Waals surface area contributed by atoms with Gasteiger partial charge in [0.15, 0.2) is 0 Å². The van der Waals surface area contributed by atoms with E-state index in [-0.39, 0.29) is 6.04 Å². The summed E-state index contributed by atoms with van der Waals surface area (Å²) in [4.78, 5) is 2.29. The van der Waals surface area contributed by atoms with E-state index in [2.05, 4.69) is 23.2 Å². The highest BCUT2D eigenvalue weighted by molar-refractivity contribution is 5.15. The summed E-state index contributed by atoms with van der Waals surface area (Å²) in [5.41, 5.74) is 7.42. The summed E-state index contributed by atoms with van der Waals surface area (Å²) in [5, 5.41) is 4.19. The Hall–Kier alpha value is -0.870. The lowest BCUT2D eigenvalue weighted by Gasteiger charge is -2.34. The second kappa shape index (κ2) is 3.71. The number of hydrogen-bond donors (Lipinski definition) is 1. The van der Waals surface area contributed by atoms with E-state index >= 15 is 0 Å². The first-order chi connectivity index (χ1) is 6.66. The minimum Gasteiger partial charge on any atom is -0.326 e. The van der Waals surface area contributed by atoms with Crippen molar-refractivity contribution < 1.29 is 0 Å². The van der Waals surface area contributed by atoms with Gasteiger partial charge in [0.05, 0.1) is 6.20 Å². The van der Waals surface area contributed by atoms with E-state index in [1.807, 2.05) is 17.9 Å². The molecular formula is C10H18N4. The van der Waals surface area contributed by atoms with Crippen LogP contribution in [0.2, 0.25) is 0 Å². The number of aromatic nitrogens is 2. The zero-order valence-corrected chi connectivity index (χ0v) is 8.85. The van der Waals surface area contributed by atoms with Crippen molar-refractivity contribution in [1.29, 1.82) is 0 Å². The molecule has 2 rings (SSSR count). The average molecular weight is 194 g/mol. The molecule has 0 radical (unpaired) electrons. The standard InChI is InChI=1S/C10H18N4/c1-13-4-3-9(10(11)7-13)8-5-12-14(2)6-8/h5-6,9-10H,3-4,7,11H2,1-2H3. The average Bonchev–Trinajstić information content (AvgIpc) is 2.51. The molecule has 0 amide bonds. The number of aryl methyl sites for hydroxylation is 1. The maximum absolute atomic E-state index is 6.13. The van der Waals surface area contributed by atoms with E-state index in [9.17, 15) is 0 Å². The van der Waals surface area contributed by atoms with Gasteiger partial charge in [-0.25, -0.2) is 0 Å². The Morgan fingerprint density at radius 3 is 2.86 bits per heavy atom. The highest BCUT2D eigenvalue weighted by atomic mass is 15.2. The first kappa shape index (κ1) is 9.68. The van der Waals surface area contributed by atoms with Gasteiger partial charge in [-0.05, 0) is 25.6 Å². The molecule has 1 aromatic rings. The lowest BCUT2D eigenvalue weighted by atomic mass is 9.88. The topological polar surface area (TPSA) is 47.1 Å². The molecule has 2 unspecified atom stereocenters. The van der Waals surface area contributed by atoms with E-state index in [1.54, 1.807) is 0 Å². The van der Waals surface area contributed by atoms with Crippen molar-refractivity contribution in [3.8, 4) is 0 Å². The molecule has 4 heteroatoms. The molecule has 0 spiro atoms. The molecule has 0 aliphatic carbocycles. The minimum absolute atomic E-state index is 0.248. The van der Waals surface area contributed by atoms with E-state index in [0.717, 1.165) is 19.5 Å². The van der Waals surface area contributed by atoms with Crippen LogP contribution < -0.4 is 5.73 Å². The predicted octanol–water partition coefficient (Wildman–Crippen LogP) is 0.167. The van der Waals surface area contributed by atoms with Crippen LogP contribution in [-0.2, 0) is 7.05 Å². The van der Waals surface area contributed by atoms with Crippen LogP contribution in [0.15, 0.2) is 12.4 Å². The third kappa shape index (κ3) is 1.81. The maximum Gasteiger partial charge on any atom is 0.0525 e. The van der Waals surface area contributed by atoms with Crippen LogP contribution in [0, 0.1) is 0 Å². The Balaban J connectivity index is 2.11. The molecule has 2 heterocycles. The molecule has 1 aromatic heterocycles. The number of piperidine rings is 1. The second-order valence-corrected chi connectivity index (χ2v) is 4.27. The van der Waals surface area contributed by atoms with Crippen LogP contribution in [-0.4, -0.2) is 40.9 Å². The van der Waals surface area contributed by atoms with Crippen molar-refractivity contribution in [2.45, 2.75) is 18.4 Å². The van der Waals surface area contributed by atoms with Crippen molar-refractivity contribution >= 4 is 0 Å². The van der Waals surface area contributed by atoms with Gasteiger partial charge in [-0.3, -0.25) is 4.68 Å². The van der Waals surface area contributed by atoms with Gasteiger partial charge < -0.3 is 10.6 Å². The number of nitrogens with zero attached hydrogens (tertiary/aromatic N) is 3. The fraction of sp³-hybridized carbons (Fsp3) is 0.700. The van der Waals surface area contributed by atoms with Gasteiger partial charge in [0, 0.05) is 31.7 Å². The van der Waals surface area contributed by atoms with E-state index in [1.165, 1.54) is 5.56 Å². The third-order valence-corrected chi connectivity index (χ3v) is 3.01. The van der Waals surface area contributed by atoms with Crippen LogP contribution in [0.25, 0.3) is 0 Å². The fourth-order valence-electron chi connectivity index (χ4n) is 2.20. The smallest absolute Gasteiger partial charge is 0.0525 e. The summed E-state index contributed by atoms with van der Waals surface area (Å²) < 4.78 is 1.85. The summed E-state index contributed by atoms with van der Waals surface area (Å²) in [6, 6.07) is 0.248. The molecule has 0 saturated carbocycles. The largest absolute Gasteiger partial charge is 0.326 e. The van der Waals surface area contributed by atoms with Gasteiger partial charge in [0.2, 0.25) is 0 Å². The Kier molecular flexibility index (Phi) is 2.56. The lowest BCUT2D eigenvalue weighted by Crippen LogP contribution is -2.45. The molecule has 4 nitrogen and oxygen atoms in total. The van der Waals surface area contributed by atoms with Crippen molar-refractivity contribution in [2.75, 3.05) is 20.1 Å². The summed E-state index contributed by atoms with van der Waals surface area (Å²) in [6.07, 6.45) is 5.16. The number of rotatable bonds is 1. The fourth-order valence-corrected chi connectivity index (χ4v) is 2.20. The third-order valence-electron chi connectivity index (χ3n) is 3.01. The normalized spacial score (nSPS) is 29.4. The first-order valence-electron chi connectivity index (χ1n) is 5.09. The van der Waals surface area contributed by atoms with Crippen LogP contribution in [0.1, 0.15) is 17.9 Å². The van der Waals surface area contributed by atoms with Crippen LogP contribution in [0.5, 0.6) is 0 Å². The van der Waals surface area contributed by atoms with Crippen LogP contribution in [0.4, 0.5) is 0 Å². The van der Waals surface area contributed by atoms with Gasteiger partial charge in [0.25, 0.3) is 0 Å². The van der Waals surface area contributed by atoms with Crippen molar-refractivity contribution in [3.05, 3.63) is 18.0 Å². The predicted molar refractivity (Wildman–Crippen MR) is 56.0 cm³/mol. The maximum atomic E-state index is 6.13. The summed E-state index contributed by atoms with van der Waals surface area (Å²) >= 11 is 0. The molecule has 2 atom stereocenters. The highest BCUT2D eigenvalue weighted by Crippen LogP contribution is 2.25. The van der Waals surface area contributed by atoms with E-state index < -0.39 is 0 Å². The lowest BCUT2D eigenvalue weighted by molar-refractivity contribution is 0.228. The summed E-state index contributed by atoms with van der Waals surface area (Å²) in [5.74, 6) is 0.486. The Labute approximate surface area is 84.7 Å². The molecule has 1 aliphatic rings. The summed E-state index contributed by atoms with van der Waals surface area (Å²) in [6.45, 7) is 2.12. The first-order valence-corrected chi connectivity index (χ1v) is 5.09. The quantitative estimate of drug-likeness (QED) is 0.693. The molecule has 1 saturated heterocycles. The molecule has 0 aromatic carbocycles. The SMILES string of the molecule is CN1CCC(c2cnn(C)c2)C(N)C1. The van der Waals surface area contributed by atoms with Crippen LogP contribution >= 0.6 is 0 Å². The molecule has 1 fully saturated rings. The van der Waals surface area contributed by atoms with Crippen LogP contribution in [0.3, 0.4) is 0 Å². The number of likely N-dealkylation sites (N-methyl/N-ethyl adjacent to an activating group) is 1. The molecule has 14 heavy (non-hydrogen) atoms. The van der Waals surface area contributed by atoms with Gasteiger partial charge in [0.1, 0.15) is 0 Å². The van der Waals surface area contributed by atoms with Crippen molar-refractivity contribution in [1.82, 2.24) is 14.7 Å². The van der Waals surface area contributed by atoms with Gasteiger partial charge >= 0.3 is 0 Å². The summed E-state index contributed by atoms with van der Waals surface area (Å²) in [7, 11) is 4.07.